The largest absolute Gasteiger partial charge is 0.357 e. The van der Waals surface area contributed by atoms with Crippen LogP contribution in [0.1, 0.15) is 42.1 Å². The topological polar surface area (TPSA) is 55.8 Å². The molecule has 3 rings (SSSR count). The maximum atomic E-state index is 4.69. The van der Waals surface area contributed by atoms with Crippen molar-refractivity contribution in [3.63, 3.8) is 0 Å². The third-order valence-corrected chi connectivity index (χ3v) is 6.70. The number of piperazine rings is 1. The summed E-state index contributed by atoms with van der Waals surface area (Å²) in [7, 11) is 0. The quantitative estimate of drug-likeness (QED) is 0.185. The number of guanidine groups is 1. The zero-order valence-electron chi connectivity index (χ0n) is 19.6. The number of aryl methyl sites for hydroxylation is 1. The molecule has 8 heteroatoms. The molecule has 6 nitrogen and oxygen atoms in total. The third-order valence-electron chi connectivity index (χ3n) is 5.57. The molecule has 1 aromatic heterocycles. The van der Waals surface area contributed by atoms with E-state index >= 15 is 0 Å². The lowest BCUT2D eigenvalue weighted by Gasteiger charge is -2.34. The number of hydrogen-bond acceptors (Lipinski definition) is 5. The number of benzene rings is 1. The van der Waals surface area contributed by atoms with E-state index in [9.17, 15) is 0 Å². The fourth-order valence-corrected chi connectivity index (χ4v) is 4.54. The van der Waals surface area contributed by atoms with Crippen molar-refractivity contribution >= 4 is 41.3 Å². The first-order chi connectivity index (χ1) is 15.3. The second-order valence-electron chi connectivity index (χ2n) is 8.01. The van der Waals surface area contributed by atoms with Crippen LogP contribution in [0.25, 0.3) is 0 Å². The summed E-state index contributed by atoms with van der Waals surface area (Å²) in [5, 5.41) is 7.90. The van der Waals surface area contributed by atoms with Crippen LogP contribution >= 0.6 is 35.3 Å². The summed E-state index contributed by atoms with van der Waals surface area (Å²) in [5.74, 6) is 0.894. The van der Waals surface area contributed by atoms with Crippen LogP contribution in [0.3, 0.4) is 0 Å². The van der Waals surface area contributed by atoms with Crippen LogP contribution in [0, 0.1) is 0 Å². The minimum atomic E-state index is 0. The number of hydrogen-bond donors (Lipinski definition) is 2. The average Bonchev–Trinajstić information content (AvgIpc) is 3.27. The minimum Gasteiger partial charge on any atom is -0.357 e. The van der Waals surface area contributed by atoms with Crippen LogP contribution in [0.4, 0.5) is 0 Å². The van der Waals surface area contributed by atoms with Gasteiger partial charge in [-0.3, -0.25) is 4.90 Å². The molecule has 0 saturated carbocycles. The molecule has 0 radical (unpaired) electrons. The Morgan fingerprint density at radius 2 is 1.78 bits per heavy atom. The SMILES string of the molecule is CCNC(=NCc1ncc(CC)s1)NCCCCN1CCN(Cc2ccccc2)CC1.I. The Labute approximate surface area is 214 Å². The van der Waals surface area contributed by atoms with Gasteiger partial charge in [-0.15, -0.1) is 35.3 Å². The Bertz CT molecular complexity index is 774. The van der Waals surface area contributed by atoms with Crippen LogP contribution in [0.5, 0.6) is 0 Å². The summed E-state index contributed by atoms with van der Waals surface area (Å²) in [6.07, 6.45) is 5.39. The molecular weight excluding hydrogens is 531 g/mol. The fourth-order valence-electron chi connectivity index (χ4n) is 3.75. The molecule has 32 heavy (non-hydrogen) atoms. The van der Waals surface area contributed by atoms with Crippen molar-refractivity contribution in [2.24, 2.45) is 4.99 Å². The van der Waals surface area contributed by atoms with Gasteiger partial charge in [0, 0.05) is 56.9 Å². The average molecular weight is 571 g/mol. The highest BCUT2D eigenvalue weighted by Crippen LogP contribution is 2.14. The van der Waals surface area contributed by atoms with Gasteiger partial charge in [0.15, 0.2) is 5.96 Å². The molecule has 0 bridgehead atoms. The lowest BCUT2D eigenvalue weighted by molar-refractivity contribution is 0.126. The van der Waals surface area contributed by atoms with Crippen molar-refractivity contribution in [2.45, 2.75) is 46.2 Å². The van der Waals surface area contributed by atoms with Gasteiger partial charge in [-0.1, -0.05) is 37.3 Å². The maximum Gasteiger partial charge on any atom is 0.191 e. The van der Waals surface area contributed by atoms with Gasteiger partial charge in [-0.05, 0) is 38.3 Å². The number of rotatable bonds is 11. The highest BCUT2D eigenvalue weighted by molar-refractivity contribution is 14.0. The summed E-state index contributed by atoms with van der Waals surface area (Å²) >= 11 is 1.76. The molecule has 2 heterocycles. The maximum absolute atomic E-state index is 4.69. The Balaban J connectivity index is 0.00000363. The Kier molecular flexibility index (Phi) is 13.2. The predicted octanol–water partition coefficient (Wildman–Crippen LogP) is 3.98. The standard InChI is InChI=1S/C24H38N6S.HI/c1-3-22-18-27-23(31-22)19-28-24(25-4-2)26-12-8-9-13-29-14-16-30(17-15-29)20-21-10-6-5-7-11-21;/h5-7,10-11,18H,3-4,8-9,12-17,19-20H2,1-2H3,(H2,25,26,28);1H. The summed E-state index contributed by atoms with van der Waals surface area (Å²) in [5.41, 5.74) is 1.42. The van der Waals surface area contributed by atoms with E-state index in [1.165, 1.54) is 49.6 Å². The van der Waals surface area contributed by atoms with E-state index in [2.05, 4.69) is 74.6 Å². The van der Waals surface area contributed by atoms with Crippen LogP contribution in [0.2, 0.25) is 0 Å². The molecule has 1 aliphatic heterocycles. The first-order valence-electron chi connectivity index (χ1n) is 11.7. The van der Waals surface area contributed by atoms with Crippen molar-refractivity contribution in [2.75, 3.05) is 45.8 Å². The normalized spacial score (nSPS) is 15.4. The monoisotopic (exact) mass is 570 g/mol. The van der Waals surface area contributed by atoms with Gasteiger partial charge in [-0.2, -0.15) is 0 Å². The minimum absolute atomic E-state index is 0. The van der Waals surface area contributed by atoms with E-state index in [0.29, 0.717) is 6.54 Å². The van der Waals surface area contributed by atoms with E-state index in [0.717, 1.165) is 43.4 Å². The molecule has 1 aromatic carbocycles. The summed E-state index contributed by atoms with van der Waals surface area (Å²) < 4.78 is 0. The molecule has 178 valence electrons. The molecule has 0 spiro atoms. The van der Waals surface area contributed by atoms with Crippen LogP contribution in [0.15, 0.2) is 41.5 Å². The van der Waals surface area contributed by atoms with E-state index in [4.69, 9.17) is 0 Å². The van der Waals surface area contributed by atoms with Gasteiger partial charge < -0.3 is 15.5 Å². The second-order valence-corrected chi connectivity index (χ2v) is 9.21. The van der Waals surface area contributed by atoms with Crippen molar-refractivity contribution in [1.82, 2.24) is 25.4 Å². The molecule has 1 aliphatic rings. The van der Waals surface area contributed by atoms with Gasteiger partial charge in [0.2, 0.25) is 0 Å². The van der Waals surface area contributed by atoms with Crippen LogP contribution in [-0.4, -0.2) is 66.6 Å². The molecule has 2 aromatic rings. The number of aliphatic imine (C=N–C) groups is 1. The van der Waals surface area contributed by atoms with Gasteiger partial charge in [0.1, 0.15) is 5.01 Å². The molecule has 2 N–H and O–H groups in total. The number of halogens is 1. The predicted molar refractivity (Wildman–Crippen MR) is 147 cm³/mol. The second kappa shape index (κ2) is 15.6. The van der Waals surface area contributed by atoms with Crippen LogP contribution in [-0.2, 0) is 19.5 Å². The van der Waals surface area contributed by atoms with Crippen LogP contribution < -0.4 is 10.6 Å². The van der Waals surface area contributed by atoms with E-state index in [1.807, 2.05) is 6.20 Å². The zero-order valence-corrected chi connectivity index (χ0v) is 22.7. The van der Waals surface area contributed by atoms with Crippen molar-refractivity contribution < 1.29 is 0 Å². The van der Waals surface area contributed by atoms with E-state index < -0.39 is 0 Å². The molecule has 0 amide bonds. The fraction of sp³-hybridized carbons (Fsp3) is 0.583. The summed E-state index contributed by atoms with van der Waals surface area (Å²) in [6.45, 7) is 13.7. The van der Waals surface area contributed by atoms with Crippen molar-refractivity contribution in [3.8, 4) is 0 Å². The third kappa shape index (κ3) is 9.72. The Hall–Kier alpha value is -1.23. The van der Waals surface area contributed by atoms with Gasteiger partial charge in [0.25, 0.3) is 0 Å². The Morgan fingerprint density at radius 3 is 2.47 bits per heavy atom. The molecule has 0 atom stereocenters. The van der Waals surface area contributed by atoms with Crippen molar-refractivity contribution in [1.29, 1.82) is 0 Å². The van der Waals surface area contributed by atoms with Gasteiger partial charge >= 0.3 is 0 Å². The summed E-state index contributed by atoms with van der Waals surface area (Å²) in [6, 6.07) is 10.8. The van der Waals surface area contributed by atoms with Gasteiger partial charge in [0.05, 0.1) is 6.54 Å². The number of nitrogens with zero attached hydrogens (tertiary/aromatic N) is 4. The first kappa shape index (κ1) is 27.0. The van der Waals surface area contributed by atoms with Gasteiger partial charge in [-0.25, -0.2) is 9.98 Å². The highest BCUT2D eigenvalue weighted by atomic mass is 127. The molecule has 0 unspecified atom stereocenters. The van der Waals surface area contributed by atoms with E-state index in [-0.39, 0.29) is 24.0 Å². The number of thiazole rings is 1. The molecular formula is C24H39IN6S. The molecule has 0 aliphatic carbocycles. The molecule has 1 fully saturated rings. The molecule has 1 saturated heterocycles. The van der Waals surface area contributed by atoms with E-state index in [1.54, 1.807) is 11.3 Å². The number of unbranched alkanes of at least 4 members (excludes halogenated alkanes) is 1. The first-order valence-corrected chi connectivity index (χ1v) is 12.5. The van der Waals surface area contributed by atoms with Crippen molar-refractivity contribution in [3.05, 3.63) is 52.0 Å². The Morgan fingerprint density at radius 1 is 1.03 bits per heavy atom. The number of nitrogens with one attached hydrogen (secondary N) is 2. The number of aromatic nitrogens is 1. The summed E-state index contributed by atoms with van der Waals surface area (Å²) in [4.78, 5) is 15.6. The highest BCUT2D eigenvalue weighted by Gasteiger charge is 2.16. The lowest BCUT2D eigenvalue weighted by atomic mass is 10.2. The smallest absolute Gasteiger partial charge is 0.191 e. The lowest BCUT2D eigenvalue weighted by Crippen LogP contribution is -2.46. The zero-order chi connectivity index (χ0) is 21.7.